The second-order valence-corrected chi connectivity index (χ2v) is 43.9. The number of hydrogen-bond acceptors (Lipinski definition) is 13. The molecular formula is C87H131N3O13S2. The molecule has 0 spiro atoms. The van der Waals surface area contributed by atoms with Gasteiger partial charge in [-0.05, 0) is 346 Å². The maximum atomic E-state index is 12.8. The van der Waals surface area contributed by atoms with Crippen molar-refractivity contribution in [2.75, 3.05) is 26.1 Å². The van der Waals surface area contributed by atoms with E-state index in [1.807, 2.05) is 6.07 Å². The van der Waals surface area contributed by atoms with E-state index in [1.165, 1.54) is 64.2 Å². The van der Waals surface area contributed by atoms with Crippen molar-refractivity contribution >= 4 is 51.0 Å². The van der Waals surface area contributed by atoms with Crippen LogP contribution in [0.1, 0.15) is 204 Å². The SMILES string of the molecule is CC1C(C)C2CC1C1C3CC(C(=O)NS(=O)OC4CCCCC4)C(C3)C21.CC1C(C)C2CC1C1C3CC(C(=O)NS(C)(=O)=O)C(C3)C21.CC1C(C)C2CC1C1C3CC(C(=O)O)C(C3)C21.CC1C(C)C2CC1C1C3CC(C(=O)OCCC#N)C(C3)C21.CC1C(C)C2CC1C1C3CC(C(=O)OCCO)C(C3)C21. The lowest BCUT2D eigenvalue weighted by Crippen LogP contribution is -2.44. The number of fused-ring (bicyclic) bond motifs is 45. The molecule has 21 aliphatic carbocycles. The van der Waals surface area contributed by atoms with Crippen LogP contribution >= 0.6 is 0 Å². The Morgan fingerprint density at radius 2 is 0.705 bits per heavy atom. The number of aliphatic hydroxyl groups excluding tert-OH is 1. The van der Waals surface area contributed by atoms with Crippen LogP contribution in [0.2, 0.25) is 0 Å². The number of sulfonamides is 1. The molecule has 2 amide bonds. The molecule has 21 aliphatic rings. The van der Waals surface area contributed by atoms with Gasteiger partial charge in [0.25, 0.3) is 11.3 Å². The number of nitrogens with one attached hydrogen (secondary N) is 2. The second kappa shape index (κ2) is 28.2. The van der Waals surface area contributed by atoms with E-state index in [-0.39, 0.29) is 79.3 Å². The number of carbonyl (C=O) groups excluding carboxylic acids is 4. The molecular weight excluding hydrogens is 1360 g/mol. The van der Waals surface area contributed by atoms with Gasteiger partial charge in [-0.15, -0.1) is 0 Å². The first-order valence-corrected chi connectivity index (χ1v) is 46.6. The number of carbonyl (C=O) groups is 5. The van der Waals surface area contributed by atoms with E-state index in [1.54, 1.807) is 0 Å². The quantitative estimate of drug-likeness (QED) is 0.0760. The Bertz CT molecular complexity index is 3520. The Labute approximate surface area is 631 Å². The van der Waals surface area contributed by atoms with Crippen molar-refractivity contribution in [1.29, 1.82) is 5.26 Å². The average molecular weight is 1490 g/mol. The zero-order chi connectivity index (χ0) is 73.7. The van der Waals surface area contributed by atoms with E-state index >= 15 is 0 Å². The standard InChI is InChI=1S/C21H33NO3S.C18H25NO2.C17H26O3.C16H25NO3S.C15H22O2/c1-11-12(2)16-10-15(11)19-13-8-17(20(16)19)18(9-13)21(23)22-26(24)25-14-6-4-3-5-7-14;1-9-10(2)13-8-12(9)16-11-6-14(17(13)16)15(7-11)18(20)21-5-3-4-19;1-8-9(2)12-7-11(8)15-10-5-13(16(12)15)14(6-10)17(19)20-4-3-18;1-7-8(2)11-6-10(7)14-9-4-12(15(11)14)13(5-9)16(18)17-21(3,19)20;1-6-7(2)10-5-9(6)13-8-3-11(14(10)13)12(4-8)15(16)17/h11-20H,3-10H2,1-2H3,(H,22,23);9-17H,3,5-8H2,1-2H3;8-16,18H,3-7H2,1-2H3;7-15H,4-6H2,1-3H3,(H,17,18);6-14H,3-5H2,1-2H3,(H,16,17). The number of nitrogens with zero attached hydrogens (tertiary/aromatic N) is 1. The minimum atomic E-state index is -3.43. The highest BCUT2D eigenvalue weighted by Crippen LogP contribution is 2.77. The van der Waals surface area contributed by atoms with Crippen LogP contribution in [0.25, 0.3) is 0 Å². The summed E-state index contributed by atoms with van der Waals surface area (Å²) in [5.74, 6) is 31.4. The van der Waals surface area contributed by atoms with Gasteiger partial charge in [0.15, 0.2) is 0 Å². The zero-order valence-electron chi connectivity index (χ0n) is 65.2. The summed E-state index contributed by atoms with van der Waals surface area (Å²) in [7, 11) is -3.43. The molecule has 0 aliphatic heterocycles. The van der Waals surface area contributed by atoms with Gasteiger partial charge in [0.1, 0.15) is 13.2 Å². The van der Waals surface area contributed by atoms with Crippen LogP contribution in [0.15, 0.2) is 0 Å². The summed E-state index contributed by atoms with van der Waals surface area (Å²) in [5.41, 5.74) is 0. The molecule has 105 heavy (non-hydrogen) atoms. The van der Waals surface area contributed by atoms with Crippen LogP contribution in [0, 0.1) is 278 Å². The molecule has 21 rings (SSSR count). The van der Waals surface area contributed by atoms with Crippen LogP contribution < -0.4 is 9.44 Å². The lowest BCUT2D eigenvalue weighted by molar-refractivity contribution is -0.154. The maximum absolute atomic E-state index is 12.8. The summed E-state index contributed by atoms with van der Waals surface area (Å²) in [6.07, 6.45) is 25.1. The fourth-order valence-electron chi connectivity index (χ4n) is 34.8. The van der Waals surface area contributed by atoms with Gasteiger partial charge in [-0.3, -0.25) is 37.6 Å². The van der Waals surface area contributed by atoms with Crippen molar-refractivity contribution in [3.8, 4) is 6.07 Å². The van der Waals surface area contributed by atoms with Crippen LogP contribution in [-0.4, -0.2) is 84.7 Å². The highest BCUT2D eigenvalue weighted by atomic mass is 32.2. The van der Waals surface area contributed by atoms with Crippen molar-refractivity contribution in [2.24, 2.45) is 266 Å². The third-order valence-corrected chi connectivity index (χ3v) is 40.2. The number of aliphatic hydroxyl groups is 1. The normalized spacial score (nSPS) is 54.6. The highest BCUT2D eigenvalue weighted by Gasteiger charge is 2.72. The molecule has 46 atom stereocenters. The molecule has 0 aromatic rings. The van der Waals surface area contributed by atoms with Crippen molar-refractivity contribution < 1.29 is 60.5 Å². The van der Waals surface area contributed by atoms with Crippen molar-refractivity contribution in [2.45, 2.75) is 210 Å². The first-order chi connectivity index (χ1) is 50.2. The Balaban J connectivity index is 0.0000000974. The summed E-state index contributed by atoms with van der Waals surface area (Å²) >= 11 is -1.67. The fourth-order valence-corrected chi connectivity index (χ4v) is 36.2. The maximum Gasteiger partial charge on any atom is 0.309 e. The van der Waals surface area contributed by atoms with Gasteiger partial charge in [0, 0.05) is 11.8 Å². The number of rotatable bonds is 13. The third kappa shape index (κ3) is 12.0. The summed E-state index contributed by atoms with van der Waals surface area (Å²) in [6, 6.07) is 2.04. The molecule has 0 radical (unpaired) electrons. The molecule has 16 nitrogen and oxygen atoms in total. The topological polar surface area (TPSA) is 253 Å². The van der Waals surface area contributed by atoms with E-state index < -0.39 is 27.3 Å². The van der Waals surface area contributed by atoms with E-state index in [0.29, 0.717) is 47.8 Å². The Morgan fingerprint density at radius 3 is 1.03 bits per heavy atom. The van der Waals surface area contributed by atoms with E-state index in [9.17, 15) is 41.7 Å². The predicted octanol–water partition coefficient (Wildman–Crippen LogP) is 14.2. The van der Waals surface area contributed by atoms with Crippen molar-refractivity contribution in [1.82, 2.24) is 9.44 Å². The summed E-state index contributed by atoms with van der Waals surface area (Å²) in [4.78, 5) is 61.0. The second-order valence-electron chi connectivity index (χ2n) is 41.3. The van der Waals surface area contributed by atoms with E-state index in [4.69, 9.17) is 24.0 Å². The average Bonchev–Trinajstić information content (AvgIpc) is 1.57. The summed E-state index contributed by atoms with van der Waals surface area (Å²) in [5, 5.41) is 26.7. The summed E-state index contributed by atoms with van der Waals surface area (Å²) in [6.45, 7) is 24.7. The monoisotopic (exact) mass is 1490 g/mol. The number of carboxylic acid groups (broad SMARTS) is 1. The van der Waals surface area contributed by atoms with Crippen LogP contribution in [0.5, 0.6) is 0 Å². The van der Waals surface area contributed by atoms with Gasteiger partial charge in [0.05, 0.1) is 49.2 Å². The van der Waals surface area contributed by atoms with Gasteiger partial charge in [-0.1, -0.05) is 88.5 Å². The number of carboxylic acids is 1. The number of nitriles is 1. The molecule has 584 valence electrons. The molecule has 0 aromatic heterocycles. The highest BCUT2D eigenvalue weighted by molar-refractivity contribution is 7.89. The smallest absolute Gasteiger partial charge is 0.309 e. The molecule has 21 fully saturated rings. The number of aliphatic carboxylic acids is 1. The van der Waals surface area contributed by atoms with Gasteiger partial charge in [0.2, 0.25) is 21.8 Å². The molecule has 0 aromatic carbocycles. The van der Waals surface area contributed by atoms with Crippen LogP contribution in [-0.2, 0) is 58.9 Å². The van der Waals surface area contributed by atoms with Gasteiger partial charge in [-0.2, -0.15) is 5.26 Å². The number of esters is 2. The lowest BCUT2D eigenvalue weighted by Gasteiger charge is -2.43. The predicted molar refractivity (Wildman–Crippen MR) is 397 cm³/mol. The Hall–Kier alpha value is -3.14. The van der Waals surface area contributed by atoms with E-state index in [0.717, 1.165) is 266 Å². The molecule has 46 unspecified atom stereocenters. The molecule has 4 N–H and O–H groups in total. The van der Waals surface area contributed by atoms with Crippen molar-refractivity contribution in [3.05, 3.63) is 0 Å². The van der Waals surface area contributed by atoms with Crippen molar-refractivity contribution in [3.63, 3.8) is 0 Å². The first kappa shape index (κ1) is 74.6. The first-order valence-electron chi connectivity index (χ1n) is 43.6. The molecule has 21 saturated carbocycles. The fraction of sp³-hybridized carbons (Fsp3) is 0.931. The van der Waals surface area contributed by atoms with Crippen LogP contribution in [0.3, 0.4) is 0 Å². The molecule has 20 bridgehead atoms. The number of hydrogen-bond donors (Lipinski definition) is 4. The Kier molecular flexibility index (Phi) is 20.0. The molecule has 0 saturated heterocycles. The number of ether oxygens (including phenoxy) is 2. The zero-order valence-corrected chi connectivity index (χ0v) is 66.8. The van der Waals surface area contributed by atoms with Gasteiger partial charge in [-0.25, -0.2) is 12.6 Å². The minimum Gasteiger partial charge on any atom is -0.481 e. The molecule has 18 heteroatoms. The molecule has 0 heterocycles. The number of amides is 2. The van der Waals surface area contributed by atoms with Gasteiger partial charge >= 0.3 is 17.9 Å². The largest absolute Gasteiger partial charge is 0.481 e. The van der Waals surface area contributed by atoms with E-state index in [2.05, 4.69) is 78.7 Å². The lowest BCUT2D eigenvalue weighted by atomic mass is 9.62. The Morgan fingerprint density at radius 1 is 0.410 bits per heavy atom. The minimum absolute atomic E-state index is 0.00288. The third-order valence-electron chi connectivity index (χ3n) is 38.9. The van der Waals surface area contributed by atoms with Gasteiger partial charge < -0.3 is 19.7 Å². The summed E-state index contributed by atoms with van der Waals surface area (Å²) < 4.78 is 56.0. The van der Waals surface area contributed by atoms with Crippen LogP contribution in [0.4, 0.5) is 0 Å².